The van der Waals surface area contributed by atoms with Gasteiger partial charge in [0.2, 0.25) is 0 Å². The van der Waals surface area contributed by atoms with E-state index in [1.54, 1.807) is 0 Å². The molecule has 0 saturated heterocycles. The second-order valence-corrected chi connectivity index (χ2v) is 14.3. The molecule has 12 aromatic rings. The monoisotopic (exact) mass is 715 g/mol. The summed E-state index contributed by atoms with van der Waals surface area (Å²) in [6.07, 6.45) is 0. The average Bonchev–Trinajstić information content (AvgIpc) is 3.85. The number of nitrogens with zero attached hydrogens (tertiary/aromatic N) is 3. The van der Waals surface area contributed by atoms with Crippen LogP contribution >= 0.6 is 0 Å². The van der Waals surface area contributed by atoms with Crippen molar-refractivity contribution in [2.75, 3.05) is 0 Å². The maximum Gasteiger partial charge on any atom is 0.164 e. The van der Waals surface area contributed by atoms with Crippen LogP contribution in [-0.4, -0.2) is 15.0 Å². The summed E-state index contributed by atoms with van der Waals surface area (Å²) in [5, 5.41) is 11.4. The number of furan rings is 2. The molecule has 12 rings (SSSR count). The highest BCUT2D eigenvalue weighted by atomic mass is 16.3. The highest BCUT2D eigenvalue weighted by molar-refractivity contribution is 6.20. The van der Waals surface area contributed by atoms with Gasteiger partial charge >= 0.3 is 0 Å². The molecule has 5 nitrogen and oxygen atoms in total. The zero-order valence-corrected chi connectivity index (χ0v) is 29.9. The van der Waals surface area contributed by atoms with Gasteiger partial charge in [-0.2, -0.15) is 0 Å². The first-order valence-corrected chi connectivity index (χ1v) is 18.8. The lowest BCUT2D eigenvalue weighted by atomic mass is 9.95. The standard InChI is InChI=1S/C51H29N3O2/c1-2-13-36-30(10-1)22-23-31-24-25-33-29-35(26-27-38(33)46(31)36)50-52-49(53-51(54-50)41-17-9-21-45-48(41)40-15-4-6-19-43(40)56-45)34-12-7-11-32(28-34)37-16-8-20-44-47(37)39-14-3-5-18-42(39)55-44/h1-29H. The van der Waals surface area contributed by atoms with Gasteiger partial charge in [0.1, 0.15) is 22.3 Å². The molecule has 0 amide bonds. The lowest BCUT2D eigenvalue weighted by Crippen LogP contribution is -2.00. The summed E-state index contributed by atoms with van der Waals surface area (Å²) in [6, 6.07) is 61.0. The molecule has 260 valence electrons. The van der Waals surface area contributed by atoms with Crippen molar-refractivity contribution in [3.05, 3.63) is 176 Å². The van der Waals surface area contributed by atoms with Crippen LogP contribution in [0.2, 0.25) is 0 Å². The third-order valence-electron chi connectivity index (χ3n) is 11.1. The fourth-order valence-electron chi connectivity index (χ4n) is 8.53. The van der Waals surface area contributed by atoms with Gasteiger partial charge in [0, 0.05) is 38.2 Å². The third-order valence-corrected chi connectivity index (χ3v) is 11.1. The number of para-hydroxylation sites is 2. The summed E-state index contributed by atoms with van der Waals surface area (Å²) in [4.78, 5) is 15.7. The van der Waals surface area contributed by atoms with Gasteiger partial charge in [-0.05, 0) is 79.8 Å². The Kier molecular flexibility index (Phi) is 6.56. The molecule has 0 unspecified atom stereocenters. The molecule has 0 N–H and O–H groups in total. The number of hydrogen-bond acceptors (Lipinski definition) is 5. The SMILES string of the molecule is c1cc(-c2nc(-c3ccc4c(ccc5ccc6ccccc6c54)c3)nc(-c3cccc4oc5ccccc5c34)n2)cc(-c2cccc3oc4ccccc4c23)c1. The van der Waals surface area contributed by atoms with Gasteiger partial charge in [-0.25, -0.2) is 15.0 Å². The van der Waals surface area contributed by atoms with Gasteiger partial charge in [0.05, 0.1) is 0 Å². The van der Waals surface area contributed by atoms with E-state index in [2.05, 4.69) is 121 Å². The predicted octanol–water partition coefficient (Wildman–Crippen LogP) is 13.8. The normalized spacial score (nSPS) is 11.9. The number of rotatable bonds is 4. The van der Waals surface area contributed by atoms with Crippen molar-refractivity contribution < 1.29 is 8.83 Å². The Morgan fingerprint density at radius 2 is 0.804 bits per heavy atom. The molecule has 56 heavy (non-hydrogen) atoms. The molecule has 0 saturated carbocycles. The van der Waals surface area contributed by atoms with E-state index in [0.29, 0.717) is 17.5 Å². The molecule has 3 heterocycles. The zero-order valence-electron chi connectivity index (χ0n) is 29.9. The van der Waals surface area contributed by atoms with Crippen molar-refractivity contribution in [1.29, 1.82) is 0 Å². The first-order valence-electron chi connectivity index (χ1n) is 18.8. The van der Waals surface area contributed by atoms with Crippen LogP contribution in [0.3, 0.4) is 0 Å². The second kappa shape index (κ2) is 11.9. The summed E-state index contributed by atoms with van der Waals surface area (Å²) >= 11 is 0. The van der Waals surface area contributed by atoms with E-state index in [9.17, 15) is 0 Å². The summed E-state index contributed by atoms with van der Waals surface area (Å²) in [5.41, 5.74) is 8.18. The molecule has 3 aromatic heterocycles. The van der Waals surface area contributed by atoms with Crippen molar-refractivity contribution in [2.45, 2.75) is 0 Å². The minimum atomic E-state index is 0.583. The first-order chi connectivity index (χ1) is 27.7. The minimum absolute atomic E-state index is 0.583. The molecule has 0 spiro atoms. The molecule has 0 bridgehead atoms. The number of aromatic nitrogens is 3. The Balaban J connectivity index is 1.08. The van der Waals surface area contributed by atoms with Crippen molar-refractivity contribution in [1.82, 2.24) is 15.0 Å². The molecular weight excluding hydrogens is 687 g/mol. The summed E-state index contributed by atoms with van der Waals surface area (Å²) in [5.74, 6) is 1.77. The van der Waals surface area contributed by atoms with Crippen molar-refractivity contribution in [3.63, 3.8) is 0 Å². The number of hydrogen-bond donors (Lipinski definition) is 0. The van der Waals surface area contributed by atoms with Gasteiger partial charge in [-0.3, -0.25) is 0 Å². The van der Waals surface area contributed by atoms with Gasteiger partial charge in [-0.1, -0.05) is 140 Å². The first kappa shape index (κ1) is 30.8. The van der Waals surface area contributed by atoms with E-state index >= 15 is 0 Å². The smallest absolute Gasteiger partial charge is 0.164 e. The highest BCUT2D eigenvalue weighted by Crippen LogP contribution is 2.40. The summed E-state index contributed by atoms with van der Waals surface area (Å²) in [7, 11) is 0. The molecule has 0 atom stereocenters. The predicted molar refractivity (Wildman–Crippen MR) is 229 cm³/mol. The van der Waals surface area contributed by atoms with E-state index in [1.807, 2.05) is 54.6 Å². The van der Waals surface area contributed by atoms with Gasteiger partial charge in [0.25, 0.3) is 0 Å². The molecule has 0 aliphatic carbocycles. The number of fused-ring (bicyclic) bond motifs is 11. The maximum atomic E-state index is 6.30. The van der Waals surface area contributed by atoms with Gasteiger partial charge in [-0.15, -0.1) is 0 Å². The minimum Gasteiger partial charge on any atom is -0.456 e. The molecule has 0 aliphatic rings. The molecule has 0 radical (unpaired) electrons. The topological polar surface area (TPSA) is 65.0 Å². The van der Waals surface area contributed by atoms with E-state index < -0.39 is 0 Å². The van der Waals surface area contributed by atoms with E-state index in [1.165, 1.54) is 26.9 Å². The van der Waals surface area contributed by atoms with E-state index in [-0.39, 0.29) is 0 Å². The van der Waals surface area contributed by atoms with Crippen molar-refractivity contribution in [3.8, 4) is 45.3 Å². The van der Waals surface area contributed by atoms with Gasteiger partial charge < -0.3 is 8.83 Å². The second-order valence-electron chi connectivity index (χ2n) is 14.3. The molecule has 0 fully saturated rings. The van der Waals surface area contributed by atoms with Crippen LogP contribution in [0.1, 0.15) is 0 Å². The van der Waals surface area contributed by atoms with Crippen LogP contribution in [0.5, 0.6) is 0 Å². The summed E-state index contributed by atoms with van der Waals surface area (Å²) in [6.45, 7) is 0. The Hall–Kier alpha value is -7.63. The Morgan fingerprint density at radius 1 is 0.286 bits per heavy atom. The van der Waals surface area contributed by atoms with Crippen molar-refractivity contribution >= 4 is 76.2 Å². The van der Waals surface area contributed by atoms with Crippen LogP contribution in [0, 0.1) is 0 Å². The van der Waals surface area contributed by atoms with E-state index in [0.717, 1.165) is 77.1 Å². The zero-order chi connectivity index (χ0) is 36.7. The van der Waals surface area contributed by atoms with Crippen LogP contribution < -0.4 is 0 Å². The Labute approximate surface area is 320 Å². The fourth-order valence-corrected chi connectivity index (χ4v) is 8.53. The average molecular weight is 716 g/mol. The Bertz CT molecular complexity index is 3560. The molecular formula is C51H29N3O2. The lowest BCUT2D eigenvalue weighted by Gasteiger charge is -2.12. The largest absolute Gasteiger partial charge is 0.456 e. The van der Waals surface area contributed by atoms with Crippen LogP contribution in [0.15, 0.2) is 185 Å². The summed E-state index contributed by atoms with van der Waals surface area (Å²) < 4.78 is 12.6. The molecule has 0 aliphatic heterocycles. The van der Waals surface area contributed by atoms with Crippen LogP contribution in [0.25, 0.3) is 121 Å². The maximum absolute atomic E-state index is 6.30. The number of benzene rings is 9. The quantitative estimate of drug-likeness (QED) is 0.170. The van der Waals surface area contributed by atoms with Gasteiger partial charge in [0.15, 0.2) is 17.5 Å². The van der Waals surface area contributed by atoms with Crippen molar-refractivity contribution in [2.24, 2.45) is 0 Å². The third kappa shape index (κ3) is 4.71. The van der Waals surface area contributed by atoms with Crippen LogP contribution in [-0.2, 0) is 0 Å². The highest BCUT2D eigenvalue weighted by Gasteiger charge is 2.19. The Morgan fingerprint density at radius 3 is 1.55 bits per heavy atom. The molecule has 9 aromatic carbocycles. The fraction of sp³-hybridized carbons (Fsp3) is 0. The van der Waals surface area contributed by atoms with Crippen LogP contribution in [0.4, 0.5) is 0 Å². The van der Waals surface area contributed by atoms with E-state index in [4.69, 9.17) is 23.8 Å². The lowest BCUT2D eigenvalue weighted by molar-refractivity contribution is 0.668. The molecule has 5 heteroatoms.